The lowest BCUT2D eigenvalue weighted by molar-refractivity contribution is -0.139. The molecule has 2 aromatic rings. The van der Waals surface area contributed by atoms with Crippen LogP contribution < -0.4 is 5.32 Å². The number of carbonyl (C=O) groups excluding carboxylic acids is 1. The Morgan fingerprint density at radius 2 is 2.10 bits per heavy atom. The van der Waals surface area contributed by atoms with Crippen LogP contribution in [0.15, 0.2) is 49.2 Å². The molecule has 1 aromatic heterocycles. The SMILES string of the molecule is C=CCC(NC(=O)c1cnn(-c2ccccc2)n1)C(=O)O. The molecule has 0 aliphatic carbocycles. The Morgan fingerprint density at radius 3 is 2.71 bits per heavy atom. The third kappa shape index (κ3) is 3.53. The van der Waals surface area contributed by atoms with E-state index >= 15 is 0 Å². The molecular formula is C14H14N4O3. The highest BCUT2D eigenvalue weighted by Crippen LogP contribution is 2.04. The first-order chi connectivity index (χ1) is 10.1. The lowest BCUT2D eigenvalue weighted by atomic mass is 10.2. The minimum Gasteiger partial charge on any atom is -0.480 e. The van der Waals surface area contributed by atoms with E-state index in [9.17, 15) is 9.59 Å². The summed E-state index contributed by atoms with van der Waals surface area (Å²) in [4.78, 5) is 24.2. The average molecular weight is 286 g/mol. The van der Waals surface area contributed by atoms with Crippen molar-refractivity contribution < 1.29 is 14.7 Å². The number of hydrogen-bond donors (Lipinski definition) is 2. The highest BCUT2D eigenvalue weighted by molar-refractivity contribution is 5.94. The molecule has 1 aromatic carbocycles. The molecule has 2 rings (SSSR count). The van der Waals surface area contributed by atoms with Gasteiger partial charge in [0.1, 0.15) is 6.04 Å². The molecular weight excluding hydrogens is 272 g/mol. The fraction of sp³-hybridized carbons (Fsp3) is 0.143. The van der Waals surface area contributed by atoms with Gasteiger partial charge in [0.05, 0.1) is 11.9 Å². The number of aromatic nitrogens is 3. The number of nitrogens with one attached hydrogen (secondary N) is 1. The largest absolute Gasteiger partial charge is 0.480 e. The molecule has 1 atom stereocenters. The highest BCUT2D eigenvalue weighted by Gasteiger charge is 2.21. The van der Waals surface area contributed by atoms with Gasteiger partial charge in [0.15, 0.2) is 5.69 Å². The molecule has 0 aliphatic rings. The van der Waals surface area contributed by atoms with E-state index in [4.69, 9.17) is 5.11 Å². The van der Waals surface area contributed by atoms with Crippen molar-refractivity contribution in [2.75, 3.05) is 0 Å². The summed E-state index contributed by atoms with van der Waals surface area (Å²) in [5, 5.41) is 19.4. The van der Waals surface area contributed by atoms with Crippen molar-refractivity contribution in [2.24, 2.45) is 0 Å². The molecule has 0 spiro atoms. The summed E-state index contributed by atoms with van der Waals surface area (Å²) in [6.45, 7) is 3.46. The number of hydrogen-bond acceptors (Lipinski definition) is 4. The fourth-order valence-corrected chi connectivity index (χ4v) is 1.67. The summed E-state index contributed by atoms with van der Waals surface area (Å²) in [5.41, 5.74) is 0.756. The van der Waals surface area contributed by atoms with Crippen LogP contribution in [-0.4, -0.2) is 38.0 Å². The summed E-state index contributed by atoms with van der Waals surface area (Å²) < 4.78 is 0. The van der Waals surface area contributed by atoms with Gasteiger partial charge in [0, 0.05) is 0 Å². The molecule has 2 N–H and O–H groups in total. The van der Waals surface area contributed by atoms with Gasteiger partial charge in [-0.3, -0.25) is 4.79 Å². The van der Waals surface area contributed by atoms with Crippen LogP contribution in [0.2, 0.25) is 0 Å². The minimum absolute atomic E-state index is 0.0502. The molecule has 1 unspecified atom stereocenters. The maximum atomic E-state index is 12.0. The lowest BCUT2D eigenvalue weighted by Crippen LogP contribution is -2.40. The second-order valence-corrected chi connectivity index (χ2v) is 4.24. The standard InChI is InChI=1S/C14H14N4O3/c1-2-6-11(14(20)21)16-13(19)12-9-15-18(17-12)10-7-4-3-5-8-10/h2-5,7-9,11H,1,6H2,(H,16,19)(H,20,21). The molecule has 0 saturated heterocycles. The minimum atomic E-state index is -1.13. The number of benzene rings is 1. The van der Waals surface area contributed by atoms with Crippen LogP contribution in [0.1, 0.15) is 16.9 Å². The number of nitrogens with zero attached hydrogens (tertiary/aromatic N) is 3. The smallest absolute Gasteiger partial charge is 0.326 e. The quantitative estimate of drug-likeness (QED) is 0.773. The van der Waals surface area contributed by atoms with E-state index in [1.165, 1.54) is 17.1 Å². The van der Waals surface area contributed by atoms with Crippen LogP contribution in [0.3, 0.4) is 0 Å². The molecule has 0 aliphatic heterocycles. The van der Waals surface area contributed by atoms with Crippen molar-refractivity contribution in [1.29, 1.82) is 0 Å². The number of para-hydroxylation sites is 1. The fourth-order valence-electron chi connectivity index (χ4n) is 1.67. The Labute approximate surface area is 120 Å². The van der Waals surface area contributed by atoms with Crippen molar-refractivity contribution in [3.05, 3.63) is 54.9 Å². The van der Waals surface area contributed by atoms with E-state index in [1.807, 2.05) is 18.2 Å². The number of carboxylic acids is 1. The lowest BCUT2D eigenvalue weighted by Gasteiger charge is -2.10. The predicted molar refractivity (Wildman–Crippen MR) is 75.1 cm³/mol. The van der Waals surface area contributed by atoms with Gasteiger partial charge in [-0.05, 0) is 18.6 Å². The van der Waals surface area contributed by atoms with Gasteiger partial charge >= 0.3 is 5.97 Å². The second-order valence-electron chi connectivity index (χ2n) is 4.24. The third-order valence-corrected chi connectivity index (χ3v) is 2.72. The van der Waals surface area contributed by atoms with Gasteiger partial charge in [0.25, 0.3) is 5.91 Å². The van der Waals surface area contributed by atoms with E-state index < -0.39 is 17.9 Å². The highest BCUT2D eigenvalue weighted by atomic mass is 16.4. The average Bonchev–Trinajstić information content (AvgIpc) is 2.97. The number of aliphatic carboxylic acids is 1. The van der Waals surface area contributed by atoms with Crippen molar-refractivity contribution in [3.63, 3.8) is 0 Å². The first-order valence-electron chi connectivity index (χ1n) is 6.24. The van der Waals surface area contributed by atoms with Crippen molar-refractivity contribution >= 4 is 11.9 Å². The zero-order valence-corrected chi connectivity index (χ0v) is 11.1. The second kappa shape index (κ2) is 6.47. The van der Waals surface area contributed by atoms with Crippen LogP contribution in [0.5, 0.6) is 0 Å². The molecule has 0 saturated carbocycles. The van der Waals surface area contributed by atoms with E-state index in [0.29, 0.717) is 5.69 Å². The normalized spacial score (nSPS) is 11.6. The van der Waals surface area contributed by atoms with Crippen LogP contribution in [0.25, 0.3) is 5.69 Å². The number of amides is 1. The predicted octanol–water partition coefficient (Wildman–Crippen LogP) is 1.03. The molecule has 7 nitrogen and oxygen atoms in total. The third-order valence-electron chi connectivity index (χ3n) is 2.72. The van der Waals surface area contributed by atoms with Gasteiger partial charge in [-0.15, -0.1) is 11.7 Å². The van der Waals surface area contributed by atoms with E-state index in [2.05, 4.69) is 22.1 Å². The van der Waals surface area contributed by atoms with Crippen molar-refractivity contribution in [1.82, 2.24) is 20.3 Å². The van der Waals surface area contributed by atoms with E-state index in [0.717, 1.165) is 0 Å². The first-order valence-corrected chi connectivity index (χ1v) is 6.24. The monoisotopic (exact) mass is 286 g/mol. The number of rotatable bonds is 6. The maximum Gasteiger partial charge on any atom is 0.326 e. The van der Waals surface area contributed by atoms with Gasteiger partial charge in [-0.25, -0.2) is 4.79 Å². The Hall–Kier alpha value is -2.96. The topological polar surface area (TPSA) is 97.1 Å². The van der Waals surface area contributed by atoms with E-state index in [-0.39, 0.29) is 12.1 Å². The van der Waals surface area contributed by atoms with Gasteiger partial charge in [0.2, 0.25) is 0 Å². The Bertz CT molecular complexity index is 651. The van der Waals surface area contributed by atoms with Crippen molar-refractivity contribution in [2.45, 2.75) is 12.5 Å². The number of carbonyl (C=O) groups is 2. The molecule has 21 heavy (non-hydrogen) atoms. The Morgan fingerprint density at radius 1 is 1.38 bits per heavy atom. The molecule has 7 heteroatoms. The number of carboxylic acid groups (broad SMARTS) is 1. The van der Waals surface area contributed by atoms with Gasteiger partial charge in [-0.1, -0.05) is 24.3 Å². The van der Waals surface area contributed by atoms with Gasteiger partial charge < -0.3 is 10.4 Å². The maximum absolute atomic E-state index is 12.0. The van der Waals surface area contributed by atoms with E-state index in [1.54, 1.807) is 12.1 Å². The molecule has 0 bridgehead atoms. The first kappa shape index (κ1) is 14.4. The van der Waals surface area contributed by atoms with Crippen LogP contribution in [0, 0.1) is 0 Å². The summed E-state index contributed by atoms with van der Waals surface area (Å²) in [5.74, 6) is -1.72. The molecule has 0 fully saturated rings. The summed E-state index contributed by atoms with van der Waals surface area (Å²) >= 11 is 0. The van der Waals surface area contributed by atoms with Gasteiger partial charge in [-0.2, -0.15) is 9.90 Å². The molecule has 1 amide bonds. The van der Waals surface area contributed by atoms with Crippen molar-refractivity contribution in [3.8, 4) is 5.69 Å². The molecule has 108 valence electrons. The molecule has 1 heterocycles. The summed E-state index contributed by atoms with van der Waals surface area (Å²) in [6, 6.07) is 8.05. The summed E-state index contributed by atoms with van der Waals surface area (Å²) in [7, 11) is 0. The summed E-state index contributed by atoms with van der Waals surface area (Å²) in [6.07, 6.45) is 2.85. The van der Waals surface area contributed by atoms with Crippen LogP contribution in [0.4, 0.5) is 0 Å². The van der Waals surface area contributed by atoms with Crippen LogP contribution in [-0.2, 0) is 4.79 Å². The Kier molecular flexibility index (Phi) is 4.45. The zero-order valence-electron chi connectivity index (χ0n) is 11.1. The Balaban J connectivity index is 2.12. The molecule has 0 radical (unpaired) electrons. The van der Waals surface area contributed by atoms with Crippen LogP contribution >= 0.6 is 0 Å². The zero-order chi connectivity index (χ0) is 15.2.